The first-order valence-corrected chi connectivity index (χ1v) is 12.7. The van der Waals surface area contributed by atoms with Gasteiger partial charge in [0.05, 0.1) is 10.4 Å². The van der Waals surface area contributed by atoms with Gasteiger partial charge in [-0.3, -0.25) is 14.9 Å². The first-order chi connectivity index (χ1) is 18.5. The molecule has 4 aromatic rings. The second kappa shape index (κ2) is 9.83. The quantitative estimate of drug-likeness (QED) is 0.161. The molecule has 0 atom stereocenters. The number of nitrogens with one attached hydrogen (secondary N) is 1. The third-order valence-electron chi connectivity index (χ3n) is 7.54. The zero-order valence-electron chi connectivity index (χ0n) is 21.5. The molecule has 0 fully saturated rings. The minimum Gasteiger partial charge on any atom is -0.346 e. The normalized spacial score (nSPS) is 13.8. The molecular weight excluding hydrogens is 509 g/mol. The predicted molar refractivity (Wildman–Crippen MR) is 141 cm³/mol. The summed E-state index contributed by atoms with van der Waals surface area (Å²) in [4.78, 5) is 29.6. The Balaban J connectivity index is 1.47. The van der Waals surface area contributed by atoms with Crippen molar-refractivity contribution in [2.45, 2.75) is 51.2 Å². The Kier molecular flexibility index (Phi) is 6.65. The number of nitrogens with zero attached hydrogens (tertiary/aromatic N) is 3. The van der Waals surface area contributed by atoms with Crippen molar-refractivity contribution in [2.75, 3.05) is 6.54 Å². The van der Waals surface area contributed by atoms with Crippen molar-refractivity contribution in [1.29, 1.82) is 0 Å². The minimum atomic E-state index is -4.54. The molecule has 1 amide bonds. The van der Waals surface area contributed by atoms with Gasteiger partial charge in [-0.2, -0.15) is 13.2 Å². The van der Waals surface area contributed by atoms with E-state index in [1.54, 1.807) is 38.1 Å². The van der Waals surface area contributed by atoms with Crippen LogP contribution in [0.15, 0.2) is 60.7 Å². The van der Waals surface area contributed by atoms with Crippen molar-refractivity contribution in [3.8, 4) is 11.1 Å². The number of imidazole rings is 1. The summed E-state index contributed by atoms with van der Waals surface area (Å²) in [7, 11) is 0. The van der Waals surface area contributed by atoms with Gasteiger partial charge in [-0.05, 0) is 61.4 Å². The van der Waals surface area contributed by atoms with Crippen LogP contribution in [0.4, 0.5) is 18.9 Å². The van der Waals surface area contributed by atoms with Crippen LogP contribution in [0.2, 0.25) is 0 Å². The third kappa shape index (κ3) is 4.53. The second-order valence-electron chi connectivity index (χ2n) is 9.92. The van der Waals surface area contributed by atoms with Crippen LogP contribution in [0, 0.1) is 24.0 Å². The van der Waals surface area contributed by atoms with E-state index in [2.05, 4.69) is 10.3 Å². The fraction of sp³-hybridized carbons (Fsp3) is 0.310. The van der Waals surface area contributed by atoms with Crippen LogP contribution >= 0.6 is 0 Å². The Labute approximate surface area is 222 Å². The Hall–Kier alpha value is -4.21. The molecule has 5 rings (SSSR count). The minimum absolute atomic E-state index is 0.00902. The van der Waals surface area contributed by atoms with Crippen LogP contribution in [0.1, 0.15) is 41.8 Å². The SMILES string of the molecule is Cc1ccc2nc(C)n(CCCCC3(C(=O)NCC(F)(F)F)c4ccccc4-c4ccccc43)c2c1[N+](=O)[O-]. The van der Waals surface area contributed by atoms with Crippen LogP contribution < -0.4 is 5.32 Å². The first kappa shape index (κ1) is 26.4. The number of carbonyl (C=O) groups excluding carboxylic acids is 1. The molecule has 0 saturated heterocycles. The summed E-state index contributed by atoms with van der Waals surface area (Å²) in [5.74, 6) is -0.0550. The van der Waals surface area contributed by atoms with E-state index in [1.807, 2.05) is 41.0 Å². The number of nitro groups is 1. The zero-order valence-corrected chi connectivity index (χ0v) is 21.5. The van der Waals surface area contributed by atoms with Gasteiger partial charge >= 0.3 is 6.18 Å². The number of fused-ring (bicyclic) bond motifs is 4. The van der Waals surface area contributed by atoms with E-state index < -0.39 is 29.0 Å². The van der Waals surface area contributed by atoms with Crippen LogP contribution in [0.5, 0.6) is 0 Å². The summed E-state index contributed by atoms with van der Waals surface area (Å²) in [5, 5.41) is 14.0. The van der Waals surface area contributed by atoms with Crippen LogP contribution in [-0.4, -0.2) is 33.1 Å². The maximum absolute atomic E-state index is 13.6. The van der Waals surface area contributed by atoms with Gasteiger partial charge in [-0.1, -0.05) is 54.6 Å². The largest absolute Gasteiger partial charge is 0.405 e. The Morgan fingerprint density at radius 3 is 2.21 bits per heavy atom. The first-order valence-electron chi connectivity index (χ1n) is 12.7. The fourth-order valence-electron chi connectivity index (χ4n) is 5.87. The Morgan fingerprint density at radius 1 is 1.00 bits per heavy atom. The molecular formula is C29H27F3N4O3. The molecule has 0 aliphatic heterocycles. The molecule has 202 valence electrons. The number of carbonyl (C=O) groups is 1. The highest BCUT2D eigenvalue weighted by Crippen LogP contribution is 2.51. The summed E-state index contributed by atoms with van der Waals surface area (Å²) in [6.45, 7) is 2.47. The van der Waals surface area contributed by atoms with Gasteiger partial charge in [-0.15, -0.1) is 0 Å². The highest BCUT2D eigenvalue weighted by atomic mass is 19.4. The number of aromatic nitrogens is 2. The molecule has 7 nitrogen and oxygen atoms in total. The van der Waals surface area contributed by atoms with Gasteiger partial charge in [-0.25, -0.2) is 4.98 Å². The van der Waals surface area contributed by atoms with Gasteiger partial charge in [0.25, 0.3) is 5.69 Å². The smallest absolute Gasteiger partial charge is 0.346 e. The number of rotatable bonds is 8. The summed E-state index contributed by atoms with van der Waals surface area (Å²) >= 11 is 0. The predicted octanol–water partition coefficient (Wildman–Crippen LogP) is 6.38. The van der Waals surface area contributed by atoms with Crippen molar-refractivity contribution in [3.05, 3.63) is 93.3 Å². The highest BCUT2D eigenvalue weighted by molar-refractivity contribution is 6.00. The second-order valence-corrected chi connectivity index (χ2v) is 9.92. The molecule has 0 unspecified atom stereocenters. The molecule has 1 aromatic heterocycles. The van der Waals surface area contributed by atoms with Gasteiger partial charge in [0.1, 0.15) is 23.3 Å². The number of hydrogen-bond acceptors (Lipinski definition) is 4. The lowest BCUT2D eigenvalue weighted by atomic mass is 9.73. The molecule has 1 aliphatic carbocycles. The summed E-state index contributed by atoms with van der Waals surface area (Å²) in [5.41, 5.74) is 3.27. The lowest BCUT2D eigenvalue weighted by Gasteiger charge is -2.31. The van der Waals surface area contributed by atoms with Gasteiger partial charge in [0.15, 0.2) is 0 Å². The van der Waals surface area contributed by atoms with E-state index in [9.17, 15) is 28.1 Å². The lowest BCUT2D eigenvalue weighted by Crippen LogP contribution is -2.47. The van der Waals surface area contributed by atoms with Crippen molar-refractivity contribution in [1.82, 2.24) is 14.9 Å². The number of aryl methyl sites for hydroxylation is 3. The molecule has 1 heterocycles. The molecule has 10 heteroatoms. The summed E-state index contributed by atoms with van der Waals surface area (Å²) in [6.07, 6.45) is -3.24. The van der Waals surface area contributed by atoms with Crippen molar-refractivity contribution >= 4 is 22.6 Å². The van der Waals surface area contributed by atoms with Crippen molar-refractivity contribution in [3.63, 3.8) is 0 Å². The number of alkyl halides is 3. The van der Waals surface area contributed by atoms with E-state index in [1.165, 1.54) is 0 Å². The van der Waals surface area contributed by atoms with Crippen LogP contribution in [0.3, 0.4) is 0 Å². The summed E-state index contributed by atoms with van der Waals surface area (Å²) in [6, 6.07) is 18.1. The number of benzene rings is 3. The standard InChI is InChI=1S/C29H27F3N4O3/c1-18-13-14-24-26(25(18)36(38)39)35(19(2)34-24)16-8-7-15-28(27(37)33-17-29(30,31)32)22-11-5-3-9-20(22)21-10-4-6-12-23(21)28/h3-6,9-14H,7-8,15-17H2,1-2H3,(H,33,37). The van der Waals surface area contributed by atoms with E-state index in [4.69, 9.17) is 0 Å². The Bertz CT molecular complexity index is 1550. The molecule has 3 aromatic carbocycles. The third-order valence-corrected chi connectivity index (χ3v) is 7.54. The average Bonchev–Trinajstić information content (AvgIpc) is 3.36. The van der Waals surface area contributed by atoms with Crippen molar-refractivity contribution in [2.24, 2.45) is 0 Å². The number of unbranched alkanes of at least 4 members (excludes halogenated alkanes) is 1. The molecule has 0 bridgehead atoms. The number of amides is 1. The topological polar surface area (TPSA) is 90.1 Å². The number of hydrogen-bond donors (Lipinski definition) is 1. The maximum atomic E-state index is 13.6. The number of nitro benzene ring substituents is 1. The van der Waals surface area contributed by atoms with Crippen LogP contribution in [0.25, 0.3) is 22.2 Å². The molecule has 1 aliphatic rings. The molecule has 0 spiro atoms. The number of halogens is 3. The summed E-state index contributed by atoms with van der Waals surface area (Å²) < 4.78 is 41.1. The molecule has 1 N–H and O–H groups in total. The van der Waals surface area contributed by atoms with E-state index in [0.717, 1.165) is 11.1 Å². The maximum Gasteiger partial charge on any atom is 0.405 e. The van der Waals surface area contributed by atoms with E-state index in [-0.39, 0.29) is 12.1 Å². The Morgan fingerprint density at radius 2 is 1.62 bits per heavy atom. The van der Waals surface area contributed by atoms with E-state index >= 15 is 0 Å². The zero-order chi connectivity index (χ0) is 27.9. The molecule has 0 saturated carbocycles. The fourth-order valence-corrected chi connectivity index (χ4v) is 5.87. The van der Waals surface area contributed by atoms with Gasteiger partial charge < -0.3 is 9.88 Å². The molecule has 39 heavy (non-hydrogen) atoms. The van der Waals surface area contributed by atoms with Gasteiger partial charge in [0.2, 0.25) is 5.91 Å². The lowest BCUT2D eigenvalue weighted by molar-refractivity contribution is -0.383. The average molecular weight is 537 g/mol. The van der Waals surface area contributed by atoms with Crippen molar-refractivity contribution < 1.29 is 22.9 Å². The van der Waals surface area contributed by atoms with Crippen LogP contribution in [-0.2, 0) is 16.8 Å². The molecule has 0 radical (unpaired) electrons. The van der Waals surface area contributed by atoms with E-state index in [0.29, 0.717) is 52.9 Å². The highest BCUT2D eigenvalue weighted by Gasteiger charge is 2.49. The monoisotopic (exact) mass is 536 g/mol. The van der Waals surface area contributed by atoms with Gasteiger partial charge in [0, 0.05) is 12.1 Å².